The summed E-state index contributed by atoms with van der Waals surface area (Å²) >= 11 is 0. The third-order valence-corrected chi connectivity index (χ3v) is 13.7. The topological polar surface area (TPSA) is 178 Å². The number of ether oxygens (including phenoxy) is 9. The highest BCUT2D eigenvalue weighted by atomic mass is 16.7. The van der Waals surface area contributed by atoms with Crippen molar-refractivity contribution < 1.29 is 67.2 Å². The molecule has 0 spiro atoms. The number of methoxy groups -OCH3 is 2. The van der Waals surface area contributed by atoms with Crippen molar-refractivity contribution in [1.82, 2.24) is 4.90 Å². The van der Waals surface area contributed by atoms with Gasteiger partial charge >= 0.3 is 11.9 Å². The molecule has 4 rings (SSSR count). The van der Waals surface area contributed by atoms with Gasteiger partial charge in [-0.25, -0.2) is 0 Å². The number of ketones is 1. The minimum atomic E-state index is -1.98. The van der Waals surface area contributed by atoms with E-state index in [4.69, 9.17) is 42.6 Å². The third-order valence-electron chi connectivity index (χ3n) is 13.7. The maximum atomic E-state index is 14.5. The monoisotopic (exact) mass is 880 g/mol. The lowest BCUT2D eigenvalue weighted by Gasteiger charge is -2.50. The van der Waals surface area contributed by atoms with E-state index in [1.807, 2.05) is 77.0 Å². The van der Waals surface area contributed by atoms with Crippen molar-refractivity contribution in [3.63, 3.8) is 0 Å². The largest absolute Gasteiger partial charge is 0.459 e. The van der Waals surface area contributed by atoms with E-state index < -0.39 is 108 Å². The van der Waals surface area contributed by atoms with E-state index >= 15 is 0 Å². The normalized spacial score (nSPS) is 42.8. The summed E-state index contributed by atoms with van der Waals surface area (Å²) < 4.78 is 58.1. The minimum absolute atomic E-state index is 0.123. The van der Waals surface area contributed by atoms with Crippen molar-refractivity contribution in [1.29, 1.82) is 0 Å². The summed E-state index contributed by atoms with van der Waals surface area (Å²) in [7, 11) is 6.97. The number of aliphatic hydroxyl groups is 2. The maximum Gasteiger partial charge on any atom is 0.311 e. The number of esters is 2. The zero-order valence-electron chi connectivity index (χ0n) is 39.8. The Balaban J connectivity index is 1.86. The van der Waals surface area contributed by atoms with Crippen LogP contribution in [0.3, 0.4) is 0 Å². The molecular weight excluding hydrogens is 803 g/mol. The van der Waals surface area contributed by atoms with E-state index in [0.29, 0.717) is 13.0 Å². The molecule has 0 radical (unpaired) electrons. The first-order valence-corrected chi connectivity index (χ1v) is 22.3. The van der Waals surface area contributed by atoms with Crippen molar-refractivity contribution in [2.24, 2.45) is 23.7 Å². The lowest BCUT2D eigenvalue weighted by Crippen LogP contribution is -2.62. The predicted molar refractivity (Wildman–Crippen MR) is 230 cm³/mol. The summed E-state index contributed by atoms with van der Waals surface area (Å²) in [5.41, 5.74) is -3.23. The average molecular weight is 880 g/mol. The van der Waals surface area contributed by atoms with Gasteiger partial charge < -0.3 is 52.8 Å². The summed E-state index contributed by atoms with van der Waals surface area (Å²) in [6.07, 6.45) is -7.53. The number of cyclic esters (lactones) is 1. The second-order valence-corrected chi connectivity index (χ2v) is 19.0. The van der Waals surface area contributed by atoms with Crippen LogP contribution in [0.2, 0.25) is 0 Å². The molecule has 2 N–H and O–H groups in total. The zero-order valence-corrected chi connectivity index (χ0v) is 39.8. The number of carbonyl (C=O) groups excluding carboxylic acids is 3. The van der Waals surface area contributed by atoms with E-state index in [0.717, 1.165) is 5.56 Å². The molecule has 3 fully saturated rings. The highest BCUT2D eigenvalue weighted by Crippen LogP contribution is 2.42. The molecule has 15 heteroatoms. The van der Waals surface area contributed by atoms with Crippen LogP contribution in [0.25, 0.3) is 0 Å². The van der Waals surface area contributed by atoms with Crippen LogP contribution in [0, 0.1) is 23.7 Å². The van der Waals surface area contributed by atoms with Crippen molar-refractivity contribution >= 4 is 17.7 Å². The lowest BCUT2D eigenvalue weighted by atomic mass is 9.74. The summed E-state index contributed by atoms with van der Waals surface area (Å²) in [5.74, 6) is -4.94. The van der Waals surface area contributed by atoms with E-state index in [2.05, 4.69) is 0 Å². The molecule has 0 amide bonds. The van der Waals surface area contributed by atoms with Gasteiger partial charge in [-0.1, -0.05) is 58.0 Å². The molecule has 15 nitrogen and oxygen atoms in total. The first-order valence-electron chi connectivity index (χ1n) is 22.3. The number of rotatable bonds is 12. The molecule has 3 aliphatic heterocycles. The van der Waals surface area contributed by atoms with Gasteiger partial charge in [0.2, 0.25) is 0 Å². The summed E-state index contributed by atoms with van der Waals surface area (Å²) in [4.78, 5) is 42.9. The Kier molecular flexibility index (Phi) is 18.1. The smallest absolute Gasteiger partial charge is 0.311 e. The fourth-order valence-corrected chi connectivity index (χ4v) is 9.96. The van der Waals surface area contributed by atoms with Crippen LogP contribution >= 0.6 is 0 Å². The molecule has 1 aromatic rings. The Hall–Kier alpha value is -2.57. The fraction of sp³-hybridized carbons (Fsp3) is 0.809. The second-order valence-electron chi connectivity index (χ2n) is 19.0. The molecule has 18 atom stereocenters. The number of hydrogen-bond acceptors (Lipinski definition) is 15. The van der Waals surface area contributed by atoms with Gasteiger partial charge in [0.05, 0.1) is 60.8 Å². The Morgan fingerprint density at radius 1 is 0.887 bits per heavy atom. The number of hydrogen-bond donors (Lipinski definition) is 2. The molecule has 0 saturated carbocycles. The molecule has 0 aromatic heterocycles. The third kappa shape index (κ3) is 11.8. The molecule has 3 saturated heterocycles. The van der Waals surface area contributed by atoms with E-state index in [1.54, 1.807) is 41.7 Å². The molecule has 3 heterocycles. The molecule has 62 heavy (non-hydrogen) atoms. The number of likely N-dealkylation sites (N-methyl/N-ethyl adjacent to an activating group) is 1. The summed E-state index contributed by atoms with van der Waals surface area (Å²) in [6, 6.07) is 9.54. The van der Waals surface area contributed by atoms with Gasteiger partial charge in [-0.3, -0.25) is 19.3 Å². The molecule has 0 bridgehead atoms. The quantitative estimate of drug-likeness (QED) is 0.261. The van der Waals surface area contributed by atoms with Crippen LogP contribution in [0.15, 0.2) is 30.3 Å². The summed E-state index contributed by atoms with van der Waals surface area (Å²) in [6.45, 7) is 19.2. The van der Waals surface area contributed by atoms with E-state index in [1.165, 1.54) is 21.0 Å². The van der Waals surface area contributed by atoms with Crippen LogP contribution in [-0.4, -0.2) is 145 Å². The van der Waals surface area contributed by atoms with Gasteiger partial charge in [-0.15, -0.1) is 0 Å². The SMILES string of the molecule is CC[C@H]1OC(=O)[C@H](C)[C@@H](O[C@@H]2C[C@@](C)(OC)[C@@H](OC(C)=O)[C@H](C)O2)[C@H](C)[C@@H](O[C@@H]2O[C@H](C)C[C@@H](OCc3ccccc3)[C@@H]2N(C)C)[C@@](C)(OC)C[C@@H](C)C(=O)[C@H](C)[C@@H](O)[C@]1(C)O. The van der Waals surface area contributed by atoms with Gasteiger partial charge in [-0.2, -0.15) is 0 Å². The Morgan fingerprint density at radius 2 is 1.50 bits per heavy atom. The van der Waals surface area contributed by atoms with Crippen LogP contribution < -0.4 is 0 Å². The highest BCUT2D eigenvalue weighted by Gasteiger charge is 2.55. The van der Waals surface area contributed by atoms with Gasteiger partial charge in [0.1, 0.15) is 23.1 Å². The van der Waals surface area contributed by atoms with E-state index in [9.17, 15) is 24.6 Å². The second kappa shape index (κ2) is 21.6. The number of Topliss-reactive ketones (excluding diaryl/α,β-unsaturated/α-hetero) is 1. The zero-order chi connectivity index (χ0) is 46.5. The Bertz CT molecular complexity index is 1610. The molecule has 1 aromatic carbocycles. The van der Waals surface area contributed by atoms with Crippen LogP contribution in [0.5, 0.6) is 0 Å². The van der Waals surface area contributed by atoms with Crippen molar-refractivity contribution in [3.05, 3.63) is 35.9 Å². The number of carbonyl (C=O) groups is 3. The van der Waals surface area contributed by atoms with Crippen molar-refractivity contribution in [2.45, 2.75) is 193 Å². The molecule has 0 unspecified atom stereocenters. The Labute approximate surface area is 369 Å². The molecular formula is C47H77NO14. The predicted octanol–water partition coefficient (Wildman–Crippen LogP) is 5.24. The molecule has 3 aliphatic rings. The van der Waals surface area contributed by atoms with Crippen LogP contribution in [0.4, 0.5) is 0 Å². The highest BCUT2D eigenvalue weighted by molar-refractivity contribution is 5.83. The maximum absolute atomic E-state index is 14.5. The lowest BCUT2D eigenvalue weighted by molar-refractivity contribution is -0.318. The standard InChI is InChI=1S/C47H77NO14/c1-16-35-47(11,53)40(51)28(4)38(50)26(2)23-45(9,54-14)41(62-44-37(48(12)13)34(22-27(3)57-44)56-25-33-20-18-17-19-21-33)29(5)39(30(6)43(52)60-35)61-36-24-46(10,55-15)42(31(7)58-36)59-32(8)49/h17-21,26-31,34-37,39-42,44,51,53H,16,22-25H2,1-15H3/t26-,27-,28+,29+,30-,31+,34-,35-,36-,37+,39+,40-,41-,42+,44+,45+,46-,47-/m1/s1. The van der Waals surface area contributed by atoms with E-state index in [-0.39, 0.29) is 37.3 Å². The average Bonchev–Trinajstić information content (AvgIpc) is 3.22. The van der Waals surface area contributed by atoms with Crippen LogP contribution in [0.1, 0.15) is 107 Å². The fourth-order valence-electron chi connectivity index (χ4n) is 9.96. The minimum Gasteiger partial charge on any atom is -0.459 e. The first kappa shape index (κ1) is 52.1. The number of nitrogens with zero attached hydrogens (tertiary/aromatic N) is 1. The van der Waals surface area contributed by atoms with Gasteiger partial charge in [0.25, 0.3) is 0 Å². The first-order chi connectivity index (χ1) is 28.9. The number of benzene rings is 1. The van der Waals surface area contributed by atoms with Gasteiger partial charge in [0, 0.05) is 51.7 Å². The van der Waals surface area contributed by atoms with Crippen molar-refractivity contribution in [2.75, 3.05) is 28.3 Å². The van der Waals surface area contributed by atoms with Crippen LogP contribution in [-0.2, 0) is 63.6 Å². The summed E-state index contributed by atoms with van der Waals surface area (Å²) in [5, 5.41) is 23.4. The van der Waals surface area contributed by atoms with Crippen molar-refractivity contribution in [3.8, 4) is 0 Å². The number of aliphatic hydroxyl groups excluding tert-OH is 1. The Morgan fingerprint density at radius 3 is 2.06 bits per heavy atom. The molecule has 0 aliphatic carbocycles. The molecule has 354 valence electrons. The van der Waals surface area contributed by atoms with Gasteiger partial charge in [-0.05, 0) is 74.0 Å². The van der Waals surface area contributed by atoms with Gasteiger partial charge in [0.15, 0.2) is 18.7 Å².